The van der Waals surface area contributed by atoms with Crippen LogP contribution < -0.4 is 10.6 Å². The van der Waals surface area contributed by atoms with Crippen LogP contribution in [0, 0.1) is 6.92 Å². The molecule has 0 spiro atoms. The second-order valence-corrected chi connectivity index (χ2v) is 9.73. The second-order valence-electron chi connectivity index (χ2n) is 8.65. The Bertz CT molecular complexity index is 1350. The number of rotatable bonds is 5. The van der Waals surface area contributed by atoms with Crippen LogP contribution in [0.1, 0.15) is 28.2 Å². The number of likely N-dealkylation sites (tertiary alicyclic amines) is 1. The lowest BCUT2D eigenvalue weighted by Gasteiger charge is -2.17. The van der Waals surface area contributed by atoms with Gasteiger partial charge in [-0.3, -0.25) is 14.3 Å². The van der Waals surface area contributed by atoms with Crippen LogP contribution >= 0.6 is 11.3 Å². The number of fused-ring (bicyclic) bond motifs is 2. The van der Waals surface area contributed by atoms with E-state index in [9.17, 15) is 9.59 Å². The van der Waals surface area contributed by atoms with Gasteiger partial charge in [-0.15, -0.1) is 11.3 Å². The van der Waals surface area contributed by atoms with E-state index >= 15 is 0 Å². The Morgan fingerprint density at radius 3 is 2.80 bits per heavy atom. The number of thiophene rings is 1. The first-order valence-corrected chi connectivity index (χ1v) is 12.4. The zero-order chi connectivity index (χ0) is 24.9. The first-order valence-electron chi connectivity index (χ1n) is 11.6. The molecule has 4 heterocycles. The summed E-state index contributed by atoms with van der Waals surface area (Å²) >= 11 is 1.41. The Hall–Kier alpha value is -3.27. The number of aromatic nitrogens is 2. The van der Waals surface area contributed by atoms with Crippen molar-refractivity contribution >= 4 is 56.1 Å². The smallest absolute Gasteiger partial charge is 0.325 e. The quantitative estimate of drug-likeness (QED) is 0.379. The van der Waals surface area contributed by atoms with Gasteiger partial charge in [0.2, 0.25) is 0 Å². The number of nitrogens with one attached hydrogen (secondary N) is 2. The maximum absolute atomic E-state index is 12.1. The van der Waals surface area contributed by atoms with Gasteiger partial charge in [0.1, 0.15) is 0 Å². The van der Waals surface area contributed by atoms with E-state index in [0.717, 1.165) is 51.1 Å². The zero-order valence-electron chi connectivity index (χ0n) is 20.5. The molecule has 0 saturated carbocycles. The van der Waals surface area contributed by atoms with Crippen LogP contribution in [-0.4, -0.2) is 67.2 Å². The summed E-state index contributed by atoms with van der Waals surface area (Å²) in [6.45, 7) is 4.05. The van der Waals surface area contributed by atoms with Crippen molar-refractivity contribution < 1.29 is 14.3 Å². The van der Waals surface area contributed by atoms with E-state index in [1.54, 1.807) is 31.0 Å². The second kappa shape index (κ2) is 11.0. The van der Waals surface area contributed by atoms with Gasteiger partial charge in [0.15, 0.2) is 6.29 Å². The summed E-state index contributed by atoms with van der Waals surface area (Å²) in [5, 5.41) is 7.02. The van der Waals surface area contributed by atoms with Crippen LogP contribution in [0.3, 0.4) is 0 Å². The number of aldehydes is 1. The minimum atomic E-state index is -0.158. The van der Waals surface area contributed by atoms with Crippen molar-refractivity contribution in [2.75, 3.05) is 39.7 Å². The predicted molar refractivity (Wildman–Crippen MR) is 142 cm³/mol. The van der Waals surface area contributed by atoms with Crippen molar-refractivity contribution in [1.29, 1.82) is 0 Å². The third-order valence-corrected chi connectivity index (χ3v) is 7.34. The third-order valence-electron chi connectivity index (χ3n) is 6.26. The molecule has 1 unspecified atom stereocenters. The first-order chi connectivity index (χ1) is 16.9. The minimum absolute atomic E-state index is 0.158. The zero-order valence-corrected chi connectivity index (χ0v) is 21.3. The van der Waals surface area contributed by atoms with E-state index in [2.05, 4.69) is 27.6 Å². The van der Waals surface area contributed by atoms with E-state index < -0.39 is 0 Å². The fourth-order valence-corrected chi connectivity index (χ4v) is 5.36. The fourth-order valence-electron chi connectivity index (χ4n) is 4.46. The topological polar surface area (TPSA) is 88.5 Å². The number of anilines is 2. The van der Waals surface area contributed by atoms with Gasteiger partial charge in [0, 0.05) is 43.2 Å². The Kier molecular flexibility index (Phi) is 7.80. The average molecular weight is 494 g/mol. The van der Waals surface area contributed by atoms with E-state index in [1.165, 1.54) is 30.7 Å². The van der Waals surface area contributed by atoms with Gasteiger partial charge in [0.05, 0.1) is 32.9 Å². The van der Waals surface area contributed by atoms with E-state index in [-0.39, 0.29) is 6.03 Å². The highest BCUT2D eigenvalue weighted by Crippen LogP contribution is 2.33. The monoisotopic (exact) mass is 493 g/mol. The van der Waals surface area contributed by atoms with Crippen molar-refractivity contribution in [3.8, 4) is 0 Å². The lowest BCUT2D eigenvalue weighted by Crippen LogP contribution is -2.28. The molecule has 3 aromatic heterocycles. The molecule has 1 atom stereocenters. The molecule has 184 valence electrons. The fraction of sp³-hybridized carbons (Fsp3) is 0.346. The lowest BCUT2D eigenvalue weighted by atomic mass is 10.2. The summed E-state index contributed by atoms with van der Waals surface area (Å²) in [6, 6.07) is 12.0. The van der Waals surface area contributed by atoms with Crippen molar-refractivity contribution in [2.45, 2.75) is 25.8 Å². The number of methoxy groups -OCH3 is 1. The summed E-state index contributed by atoms with van der Waals surface area (Å²) in [6.07, 6.45) is 5.21. The SMILES string of the molecule is CNC(=O)n1c(C)cc2cc(Nc3ccnc4cc(C=O)sc34)ccc21.COCC1CCCN1C. The van der Waals surface area contributed by atoms with E-state index in [0.29, 0.717) is 10.9 Å². The molecule has 1 aromatic carbocycles. The maximum atomic E-state index is 12.1. The molecule has 4 aromatic rings. The van der Waals surface area contributed by atoms with Crippen LogP contribution in [0.4, 0.5) is 16.2 Å². The number of aryl methyl sites for hydroxylation is 1. The summed E-state index contributed by atoms with van der Waals surface area (Å²) in [7, 11) is 5.55. The molecule has 1 aliphatic rings. The van der Waals surface area contributed by atoms with Crippen LogP contribution in [0.5, 0.6) is 0 Å². The first kappa shape index (κ1) is 24.8. The molecule has 5 rings (SSSR count). The van der Waals surface area contributed by atoms with Crippen molar-refractivity contribution in [3.63, 3.8) is 0 Å². The van der Waals surface area contributed by atoms with E-state index in [4.69, 9.17) is 4.74 Å². The molecule has 1 fully saturated rings. The highest BCUT2D eigenvalue weighted by Gasteiger charge is 2.19. The summed E-state index contributed by atoms with van der Waals surface area (Å²) < 4.78 is 7.65. The molecular formula is C26H31N5O3S. The van der Waals surface area contributed by atoms with Crippen LogP contribution in [0.25, 0.3) is 21.1 Å². The van der Waals surface area contributed by atoms with Crippen molar-refractivity contribution in [2.24, 2.45) is 0 Å². The van der Waals surface area contributed by atoms with Gasteiger partial charge in [0.25, 0.3) is 0 Å². The number of carbonyl (C=O) groups is 2. The molecule has 35 heavy (non-hydrogen) atoms. The Morgan fingerprint density at radius 2 is 2.11 bits per heavy atom. The standard InChI is InChI=1S/C19H16N4O2S.C7H15NO/c1-11-7-12-8-13(3-4-17(12)23(11)19(25)20-2)22-15-5-6-21-16-9-14(10-24)26-18(15)16;1-8-5-3-4-7(8)6-9-2/h3-10H,1-2H3,(H,20,25)(H,21,22);7H,3-6H2,1-2H3. The molecule has 9 heteroatoms. The number of pyridine rings is 1. The molecule has 0 radical (unpaired) electrons. The highest BCUT2D eigenvalue weighted by atomic mass is 32.1. The van der Waals surface area contributed by atoms with Crippen LogP contribution in [0.2, 0.25) is 0 Å². The van der Waals surface area contributed by atoms with Gasteiger partial charge in [-0.05, 0) is 69.8 Å². The number of ether oxygens (including phenoxy) is 1. The Morgan fingerprint density at radius 1 is 1.29 bits per heavy atom. The maximum Gasteiger partial charge on any atom is 0.325 e. The van der Waals surface area contributed by atoms with Gasteiger partial charge in [-0.1, -0.05) is 0 Å². The number of nitrogens with zero attached hydrogens (tertiary/aromatic N) is 3. The molecule has 2 N–H and O–H groups in total. The van der Waals surface area contributed by atoms with Gasteiger partial charge < -0.3 is 20.3 Å². The normalized spacial score (nSPS) is 15.7. The largest absolute Gasteiger partial charge is 0.383 e. The number of benzene rings is 1. The molecule has 1 saturated heterocycles. The number of hydrogen-bond donors (Lipinski definition) is 2. The Balaban J connectivity index is 0.000000271. The minimum Gasteiger partial charge on any atom is -0.383 e. The van der Waals surface area contributed by atoms with Crippen molar-refractivity contribution in [1.82, 2.24) is 19.8 Å². The number of likely N-dealkylation sites (N-methyl/N-ethyl adjacent to an activating group) is 1. The van der Waals surface area contributed by atoms with Gasteiger partial charge >= 0.3 is 6.03 Å². The molecule has 0 aliphatic carbocycles. The average Bonchev–Trinajstić information content (AvgIpc) is 3.55. The Labute approximate surface area is 208 Å². The summed E-state index contributed by atoms with van der Waals surface area (Å²) in [5.41, 5.74) is 4.32. The van der Waals surface area contributed by atoms with Gasteiger partial charge in [-0.25, -0.2) is 4.79 Å². The van der Waals surface area contributed by atoms with Gasteiger partial charge in [-0.2, -0.15) is 0 Å². The highest BCUT2D eigenvalue weighted by molar-refractivity contribution is 7.21. The molecule has 0 bridgehead atoms. The number of hydrogen-bond acceptors (Lipinski definition) is 7. The van der Waals surface area contributed by atoms with E-state index in [1.807, 2.05) is 37.3 Å². The van der Waals surface area contributed by atoms with Crippen LogP contribution in [-0.2, 0) is 4.74 Å². The third kappa shape index (κ3) is 5.37. The van der Waals surface area contributed by atoms with Crippen LogP contribution in [0.15, 0.2) is 42.6 Å². The number of carbonyl (C=O) groups excluding carboxylic acids is 2. The molecule has 1 aliphatic heterocycles. The lowest BCUT2D eigenvalue weighted by molar-refractivity contribution is 0.112. The molecular weight excluding hydrogens is 462 g/mol. The predicted octanol–water partition coefficient (Wildman–Crippen LogP) is 5.03. The number of amides is 1. The van der Waals surface area contributed by atoms with Crippen molar-refractivity contribution in [3.05, 3.63) is 53.2 Å². The summed E-state index contributed by atoms with van der Waals surface area (Å²) in [4.78, 5) is 30.4. The molecule has 8 nitrogen and oxygen atoms in total. The summed E-state index contributed by atoms with van der Waals surface area (Å²) in [5.74, 6) is 0. The molecule has 1 amide bonds.